The van der Waals surface area contributed by atoms with Crippen LogP contribution in [0.5, 0.6) is 6.01 Å². The number of benzene rings is 1. The van der Waals surface area contributed by atoms with Crippen molar-refractivity contribution in [3.63, 3.8) is 0 Å². The first kappa shape index (κ1) is 20.9. The van der Waals surface area contributed by atoms with Crippen molar-refractivity contribution < 1.29 is 19.2 Å². The summed E-state index contributed by atoms with van der Waals surface area (Å²) in [6, 6.07) is 4.83. The number of non-ortho nitro benzene ring substituents is 1. The lowest BCUT2D eigenvalue weighted by molar-refractivity contribution is -0.384. The Morgan fingerprint density at radius 1 is 1.41 bits per heavy atom. The van der Waals surface area contributed by atoms with Gasteiger partial charge in [0.25, 0.3) is 11.7 Å². The molecule has 2 aromatic rings. The third-order valence-corrected chi connectivity index (χ3v) is 4.82. The molecule has 1 aromatic heterocycles. The Morgan fingerprint density at radius 2 is 2.21 bits per heavy atom. The van der Waals surface area contributed by atoms with E-state index in [0.29, 0.717) is 36.1 Å². The lowest BCUT2D eigenvalue weighted by Gasteiger charge is -2.34. The average molecular weight is 404 g/mol. The van der Waals surface area contributed by atoms with Crippen molar-refractivity contribution in [2.24, 2.45) is 5.92 Å². The number of hydrogen-bond donors (Lipinski definition) is 1. The van der Waals surface area contributed by atoms with Crippen LogP contribution in [0, 0.1) is 16.0 Å². The highest BCUT2D eigenvalue weighted by atomic mass is 16.6. The van der Waals surface area contributed by atoms with E-state index in [1.807, 2.05) is 20.8 Å². The molecule has 2 heterocycles. The quantitative estimate of drug-likeness (QED) is 0.437. The van der Waals surface area contributed by atoms with E-state index < -0.39 is 10.5 Å². The maximum Gasteiger partial charge on any atom is 0.410 e. The maximum atomic E-state index is 12.3. The molecule has 1 aliphatic heterocycles. The van der Waals surface area contributed by atoms with E-state index in [1.165, 1.54) is 12.1 Å². The Kier molecular flexibility index (Phi) is 6.24. The van der Waals surface area contributed by atoms with Gasteiger partial charge in [-0.15, -0.1) is 0 Å². The van der Waals surface area contributed by atoms with Gasteiger partial charge in [-0.05, 0) is 58.4 Å². The normalized spacial score (nSPS) is 17.3. The lowest BCUT2D eigenvalue weighted by atomic mass is 9.94. The molecular formula is C20H28N4O5. The van der Waals surface area contributed by atoms with Crippen LogP contribution < -0.4 is 4.74 Å². The molecule has 1 amide bonds. The van der Waals surface area contributed by atoms with Gasteiger partial charge in [-0.2, -0.15) is 4.98 Å². The number of H-pyrrole nitrogens is 1. The predicted octanol–water partition coefficient (Wildman–Crippen LogP) is 4.28. The molecular weight excluding hydrogens is 376 g/mol. The zero-order valence-electron chi connectivity index (χ0n) is 17.1. The van der Waals surface area contributed by atoms with Crippen LogP contribution in [0.25, 0.3) is 11.0 Å². The number of ether oxygens (including phenoxy) is 2. The number of carbonyl (C=O) groups excluding carboxylic acids is 1. The smallest absolute Gasteiger partial charge is 0.410 e. The molecule has 0 bridgehead atoms. The van der Waals surface area contributed by atoms with Gasteiger partial charge in [0.2, 0.25) is 0 Å². The summed E-state index contributed by atoms with van der Waals surface area (Å²) in [5.74, 6) is 0.429. The molecule has 0 unspecified atom stereocenters. The largest absolute Gasteiger partial charge is 0.465 e. The van der Waals surface area contributed by atoms with Gasteiger partial charge >= 0.3 is 6.09 Å². The van der Waals surface area contributed by atoms with Gasteiger partial charge < -0.3 is 19.4 Å². The third-order valence-electron chi connectivity index (χ3n) is 4.82. The van der Waals surface area contributed by atoms with Crippen LogP contribution in [0.4, 0.5) is 10.5 Å². The molecule has 29 heavy (non-hydrogen) atoms. The molecule has 1 fully saturated rings. The molecule has 0 radical (unpaired) electrons. The molecule has 0 spiro atoms. The molecule has 1 saturated heterocycles. The van der Waals surface area contributed by atoms with Gasteiger partial charge in [-0.3, -0.25) is 10.1 Å². The van der Waals surface area contributed by atoms with Gasteiger partial charge in [-0.25, -0.2) is 4.79 Å². The van der Waals surface area contributed by atoms with E-state index in [9.17, 15) is 14.9 Å². The van der Waals surface area contributed by atoms with Crippen molar-refractivity contribution in [3.05, 3.63) is 28.3 Å². The van der Waals surface area contributed by atoms with E-state index in [0.717, 1.165) is 32.2 Å². The van der Waals surface area contributed by atoms with Gasteiger partial charge in [-0.1, -0.05) is 0 Å². The molecule has 158 valence electrons. The van der Waals surface area contributed by atoms with Crippen molar-refractivity contribution in [1.82, 2.24) is 14.9 Å². The molecule has 0 aliphatic carbocycles. The third kappa shape index (κ3) is 5.82. The summed E-state index contributed by atoms with van der Waals surface area (Å²) >= 11 is 0. The Balaban J connectivity index is 1.45. The second-order valence-corrected chi connectivity index (χ2v) is 8.43. The SMILES string of the molecule is CC(C)(C)OC(=O)N1CCC[C@H](CCCOc2nc3ccc([N+](=O)[O-])cc3[nH]2)C1. The molecule has 1 aromatic carbocycles. The Bertz CT molecular complexity index is 873. The topological polar surface area (TPSA) is 111 Å². The van der Waals surface area contributed by atoms with E-state index in [2.05, 4.69) is 9.97 Å². The number of nitrogens with one attached hydrogen (secondary N) is 1. The Labute approximate surface area is 169 Å². The fourth-order valence-electron chi connectivity index (χ4n) is 3.49. The fourth-order valence-corrected chi connectivity index (χ4v) is 3.49. The average Bonchev–Trinajstić information content (AvgIpc) is 3.06. The highest BCUT2D eigenvalue weighted by molar-refractivity contribution is 5.78. The number of aromatic amines is 1. The van der Waals surface area contributed by atoms with Crippen molar-refractivity contribution >= 4 is 22.8 Å². The van der Waals surface area contributed by atoms with Crippen LogP contribution in [0.1, 0.15) is 46.5 Å². The van der Waals surface area contributed by atoms with Crippen LogP contribution in [0.2, 0.25) is 0 Å². The molecule has 1 aliphatic rings. The predicted molar refractivity (Wildman–Crippen MR) is 108 cm³/mol. The first-order valence-electron chi connectivity index (χ1n) is 9.96. The summed E-state index contributed by atoms with van der Waals surface area (Å²) in [5.41, 5.74) is 0.741. The van der Waals surface area contributed by atoms with Crippen LogP contribution in [0.3, 0.4) is 0 Å². The molecule has 9 heteroatoms. The number of aromatic nitrogens is 2. The fraction of sp³-hybridized carbons (Fsp3) is 0.600. The number of nitrogens with zero attached hydrogens (tertiary/aromatic N) is 3. The van der Waals surface area contributed by atoms with Crippen LogP contribution in [-0.2, 0) is 4.74 Å². The Hall–Kier alpha value is -2.84. The monoisotopic (exact) mass is 404 g/mol. The molecule has 1 N–H and O–H groups in total. The minimum absolute atomic E-state index is 0.0135. The number of likely N-dealkylation sites (tertiary alicyclic amines) is 1. The van der Waals surface area contributed by atoms with Gasteiger partial charge in [0.05, 0.1) is 22.6 Å². The minimum Gasteiger partial charge on any atom is -0.465 e. The number of nitro groups is 1. The molecule has 3 rings (SSSR count). The number of fused-ring (bicyclic) bond motifs is 1. The van der Waals surface area contributed by atoms with Crippen molar-refractivity contribution in [3.8, 4) is 6.01 Å². The van der Waals surface area contributed by atoms with E-state index >= 15 is 0 Å². The van der Waals surface area contributed by atoms with Crippen LogP contribution in [-0.4, -0.2) is 51.2 Å². The zero-order valence-corrected chi connectivity index (χ0v) is 17.1. The first-order valence-corrected chi connectivity index (χ1v) is 9.96. The van der Waals surface area contributed by atoms with Crippen LogP contribution >= 0.6 is 0 Å². The number of amides is 1. The van der Waals surface area contributed by atoms with E-state index in [-0.39, 0.29) is 11.8 Å². The molecule has 1 atom stereocenters. The minimum atomic E-state index is -0.481. The number of imidazole rings is 1. The molecule has 9 nitrogen and oxygen atoms in total. The number of piperidine rings is 1. The second-order valence-electron chi connectivity index (χ2n) is 8.43. The van der Waals surface area contributed by atoms with Crippen LogP contribution in [0.15, 0.2) is 18.2 Å². The maximum absolute atomic E-state index is 12.3. The highest BCUT2D eigenvalue weighted by Gasteiger charge is 2.27. The number of carbonyl (C=O) groups is 1. The molecule has 0 saturated carbocycles. The number of hydrogen-bond acceptors (Lipinski definition) is 6. The van der Waals surface area contributed by atoms with E-state index in [1.54, 1.807) is 11.0 Å². The lowest BCUT2D eigenvalue weighted by Crippen LogP contribution is -2.42. The van der Waals surface area contributed by atoms with E-state index in [4.69, 9.17) is 9.47 Å². The van der Waals surface area contributed by atoms with Crippen molar-refractivity contribution in [1.29, 1.82) is 0 Å². The standard InChI is InChI=1S/C20H28N4O5/c1-20(2,3)29-19(25)23-10-4-6-14(13-23)7-5-11-28-18-21-16-9-8-15(24(26)27)12-17(16)22-18/h8-9,12,14H,4-7,10-11,13H2,1-3H3,(H,21,22)/t14-/m1/s1. The first-order chi connectivity index (χ1) is 13.7. The van der Waals surface area contributed by atoms with Gasteiger partial charge in [0.1, 0.15) is 5.60 Å². The van der Waals surface area contributed by atoms with Crippen molar-refractivity contribution in [2.75, 3.05) is 19.7 Å². The Morgan fingerprint density at radius 3 is 2.93 bits per heavy atom. The summed E-state index contributed by atoms with van der Waals surface area (Å²) in [6.07, 6.45) is 3.62. The van der Waals surface area contributed by atoms with Crippen molar-refractivity contribution in [2.45, 2.75) is 52.1 Å². The summed E-state index contributed by atoms with van der Waals surface area (Å²) in [6.45, 7) is 7.57. The summed E-state index contributed by atoms with van der Waals surface area (Å²) < 4.78 is 11.1. The zero-order chi connectivity index (χ0) is 21.0. The second kappa shape index (κ2) is 8.67. The summed E-state index contributed by atoms with van der Waals surface area (Å²) in [5, 5.41) is 10.9. The summed E-state index contributed by atoms with van der Waals surface area (Å²) in [4.78, 5) is 31.7. The number of nitro benzene ring substituents is 1. The van der Waals surface area contributed by atoms with Gasteiger partial charge in [0, 0.05) is 25.2 Å². The highest BCUT2D eigenvalue weighted by Crippen LogP contribution is 2.24. The number of rotatable bonds is 6. The van der Waals surface area contributed by atoms with Gasteiger partial charge in [0.15, 0.2) is 0 Å². The summed E-state index contributed by atoms with van der Waals surface area (Å²) in [7, 11) is 0.